The third kappa shape index (κ3) is 4.20. The summed E-state index contributed by atoms with van der Waals surface area (Å²) in [4.78, 5) is 25.8. The van der Waals surface area contributed by atoms with Crippen molar-refractivity contribution < 1.29 is 9.59 Å². The maximum absolute atomic E-state index is 12.0. The van der Waals surface area contributed by atoms with Crippen LogP contribution in [0.15, 0.2) is 0 Å². The van der Waals surface area contributed by atoms with Crippen LogP contribution in [0.25, 0.3) is 0 Å². The van der Waals surface area contributed by atoms with E-state index in [1.807, 2.05) is 4.90 Å². The average Bonchev–Trinajstić information content (AvgIpc) is 2.45. The molecule has 2 rings (SSSR count). The van der Waals surface area contributed by atoms with Gasteiger partial charge in [0.2, 0.25) is 11.8 Å². The molecule has 0 aromatic rings. The summed E-state index contributed by atoms with van der Waals surface area (Å²) in [6, 6.07) is 0.391. The zero-order valence-corrected chi connectivity index (χ0v) is 11.8. The Labute approximate surface area is 115 Å². The summed E-state index contributed by atoms with van der Waals surface area (Å²) in [5.74, 6) is 0.166. The Morgan fingerprint density at radius 2 is 2.00 bits per heavy atom. The van der Waals surface area contributed by atoms with Gasteiger partial charge in [0.1, 0.15) is 0 Å². The first-order chi connectivity index (χ1) is 9.16. The molecule has 2 saturated heterocycles. The van der Waals surface area contributed by atoms with Crippen molar-refractivity contribution in [1.82, 2.24) is 15.5 Å². The molecule has 2 unspecified atom stereocenters. The Kier molecular flexibility index (Phi) is 5.19. The molecule has 2 fully saturated rings. The second-order valence-corrected chi connectivity index (χ2v) is 5.74. The van der Waals surface area contributed by atoms with Gasteiger partial charge in [0.15, 0.2) is 0 Å². The fourth-order valence-electron chi connectivity index (χ4n) is 2.93. The first kappa shape index (κ1) is 14.3. The molecule has 2 aliphatic heterocycles. The zero-order chi connectivity index (χ0) is 13.7. The predicted molar refractivity (Wildman–Crippen MR) is 73.6 cm³/mol. The minimum Gasteiger partial charge on any atom is -0.347 e. The van der Waals surface area contributed by atoms with Crippen LogP contribution in [0.2, 0.25) is 0 Å². The monoisotopic (exact) mass is 267 g/mol. The number of piperidine rings is 2. The number of hydrogen-bond donors (Lipinski definition) is 2. The fraction of sp³-hybridized carbons (Fsp3) is 0.857. The standard InChI is InChI=1S/C14H25N3O2/c1-11-9-12(5-6-15-11)14(19)16-10-13(18)17-7-3-2-4-8-17/h11-12,15H,2-10H2,1H3,(H,16,19). The molecule has 0 bridgehead atoms. The van der Waals surface area contributed by atoms with E-state index in [2.05, 4.69) is 17.6 Å². The van der Waals surface area contributed by atoms with E-state index in [-0.39, 0.29) is 24.3 Å². The highest BCUT2D eigenvalue weighted by atomic mass is 16.2. The molecule has 0 saturated carbocycles. The Morgan fingerprint density at radius 3 is 2.68 bits per heavy atom. The highest BCUT2D eigenvalue weighted by Crippen LogP contribution is 2.16. The van der Waals surface area contributed by atoms with Crippen molar-refractivity contribution >= 4 is 11.8 Å². The van der Waals surface area contributed by atoms with Gasteiger partial charge in [-0.25, -0.2) is 0 Å². The Bertz CT molecular complexity index is 327. The van der Waals surface area contributed by atoms with Crippen molar-refractivity contribution in [3.63, 3.8) is 0 Å². The second-order valence-electron chi connectivity index (χ2n) is 5.74. The SMILES string of the molecule is CC1CC(C(=O)NCC(=O)N2CCCCC2)CCN1. The molecular weight excluding hydrogens is 242 g/mol. The number of nitrogens with one attached hydrogen (secondary N) is 2. The maximum Gasteiger partial charge on any atom is 0.241 e. The lowest BCUT2D eigenvalue weighted by Crippen LogP contribution is -2.46. The molecule has 108 valence electrons. The van der Waals surface area contributed by atoms with Gasteiger partial charge in [-0.2, -0.15) is 0 Å². The Hall–Kier alpha value is -1.10. The number of hydrogen-bond acceptors (Lipinski definition) is 3. The topological polar surface area (TPSA) is 61.4 Å². The maximum atomic E-state index is 12.0. The molecule has 0 aromatic carbocycles. The van der Waals surface area contributed by atoms with Crippen LogP contribution in [-0.2, 0) is 9.59 Å². The molecule has 2 heterocycles. The van der Waals surface area contributed by atoms with E-state index in [4.69, 9.17) is 0 Å². The average molecular weight is 267 g/mol. The van der Waals surface area contributed by atoms with Crippen molar-refractivity contribution in [2.75, 3.05) is 26.2 Å². The molecule has 2 N–H and O–H groups in total. The third-order valence-corrected chi connectivity index (χ3v) is 4.12. The molecule has 0 radical (unpaired) electrons. The van der Waals surface area contributed by atoms with Crippen LogP contribution in [0.1, 0.15) is 39.0 Å². The number of carbonyl (C=O) groups excluding carboxylic acids is 2. The third-order valence-electron chi connectivity index (χ3n) is 4.12. The summed E-state index contributed by atoms with van der Waals surface area (Å²) >= 11 is 0. The zero-order valence-electron chi connectivity index (χ0n) is 11.8. The van der Waals surface area contributed by atoms with Crippen molar-refractivity contribution in [1.29, 1.82) is 0 Å². The molecule has 19 heavy (non-hydrogen) atoms. The molecule has 2 aliphatic rings. The number of rotatable bonds is 3. The molecule has 5 heteroatoms. The number of amides is 2. The quantitative estimate of drug-likeness (QED) is 0.783. The lowest BCUT2D eigenvalue weighted by Gasteiger charge is -2.29. The van der Waals surface area contributed by atoms with Crippen LogP contribution < -0.4 is 10.6 Å². The highest BCUT2D eigenvalue weighted by molar-refractivity contribution is 5.86. The molecule has 0 spiro atoms. The van der Waals surface area contributed by atoms with Gasteiger partial charge in [0.25, 0.3) is 0 Å². The van der Waals surface area contributed by atoms with Crippen molar-refractivity contribution in [2.45, 2.75) is 45.1 Å². The Balaban J connectivity index is 1.71. The van der Waals surface area contributed by atoms with Gasteiger partial charge in [-0.3, -0.25) is 9.59 Å². The normalized spacial score (nSPS) is 27.9. The van der Waals surface area contributed by atoms with Crippen molar-refractivity contribution in [3.8, 4) is 0 Å². The van der Waals surface area contributed by atoms with E-state index in [1.54, 1.807) is 0 Å². The Morgan fingerprint density at radius 1 is 1.26 bits per heavy atom. The highest BCUT2D eigenvalue weighted by Gasteiger charge is 2.25. The summed E-state index contributed by atoms with van der Waals surface area (Å²) in [6.45, 7) is 4.84. The first-order valence-corrected chi connectivity index (χ1v) is 7.45. The first-order valence-electron chi connectivity index (χ1n) is 7.45. The smallest absolute Gasteiger partial charge is 0.241 e. The number of carbonyl (C=O) groups is 2. The molecule has 0 aromatic heterocycles. The van der Waals surface area contributed by atoms with Gasteiger partial charge in [0, 0.05) is 25.0 Å². The van der Waals surface area contributed by atoms with E-state index in [0.29, 0.717) is 6.04 Å². The van der Waals surface area contributed by atoms with E-state index in [1.165, 1.54) is 6.42 Å². The lowest BCUT2D eigenvalue weighted by molar-refractivity contribution is -0.134. The molecule has 2 amide bonds. The minimum absolute atomic E-state index is 0.0405. The van der Waals surface area contributed by atoms with E-state index in [9.17, 15) is 9.59 Å². The summed E-state index contributed by atoms with van der Waals surface area (Å²) in [5, 5.41) is 6.14. The van der Waals surface area contributed by atoms with Gasteiger partial charge >= 0.3 is 0 Å². The van der Waals surface area contributed by atoms with Gasteiger partial charge in [-0.05, 0) is 45.6 Å². The van der Waals surface area contributed by atoms with Crippen LogP contribution in [-0.4, -0.2) is 48.9 Å². The van der Waals surface area contributed by atoms with Crippen molar-refractivity contribution in [2.24, 2.45) is 5.92 Å². The van der Waals surface area contributed by atoms with Crippen LogP contribution in [0.4, 0.5) is 0 Å². The van der Waals surface area contributed by atoms with Crippen LogP contribution in [0.3, 0.4) is 0 Å². The molecular formula is C14H25N3O2. The largest absolute Gasteiger partial charge is 0.347 e. The van der Waals surface area contributed by atoms with Crippen LogP contribution in [0.5, 0.6) is 0 Å². The summed E-state index contributed by atoms with van der Waals surface area (Å²) in [7, 11) is 0. The molecule has 2 atom stereocenters. The fourth-order valence-corrected chi connectivity index (χ4v) is 2.93. The minimum atomic E-state index is 0.0405. The summed E-state index contributed by atoms with van der Waals surface area (Å²) in [5.41, 5.74) is 0. The van der Waals surface area contributed by atoms with Gasteiger partial charge in [-0.15, -0.1) is 0 Å². The van der Waals surface area contributed by atoms with E-state index < -0.39 is 0 Å². The number of nitrogens with zero attached hydrogens (tertiary/aromatic N) is 1. The lowest BCUT2D eigenvalue weighted by atomic mass is 9.92. The van der Waals surface area contributed by atoms with Crippen molar-refractivity contribution in [3.05, 3.63) is 0 Å². The van der Waals surface area contributed by atoms with E-state index in [0.717, 1.165) is 45.3 Å². The van der Waals surface area contributed by atoms with Gasteiger partial charge in [0.05, 0.1) is 6.54 Å². The number of likely N-dealkylation sites (tertiary alicyclic amines) is 1. The van der Waals surface area contributed by atoms with Crippen LogP contribution in [0, 0.1) is 5.92 Å². The van der Waals surface area contributed by atoms with Gasteiger partial charge < -0.3 is 15.5 Å². The van der Waals surface area contributed by atoms with E-state index >= 15 is 0 Å². The van der Waals surface area contributed by atoms with Crippen LogP contribution >= 0.6 is 0 Å². The predicted octanol–water partition coefficient (Wildman–Crippen LogP) is 0.503. The van der Waals surface area contributed by atoms with Gasteiger partial charge in [-0.1, -0.05) is 0 Å². The summed E-state index contributed by atoms with van der Waals surface area (Å²) < 4.78 is 0. The molecule has 5 nitrogen and oxygen atoms in total. The summed E-state index contributed by atoms with van der Waals surface area (Å²) in [6.07, 6.45) is 5.12. The molecule has 0 aliphatic carbocycles. The second kappa shape index (κ2) is 6.89.